The van der Waals surface area contributed by atoms with E-state index in [4.69, 9.17) is 0 Å². The van der Waals surface area contributed by atoms with Gasteiger partial charge in [-0.2, -0.15) is 0 Å². The first kappa shape index (κ1) is 14.9. The highest BCUT2D eigenvalue weighted by atomic mass is 15.1. The molecule has 0 rings (SSSR count). The maximum Gasteiger partial charge on any atom is 0.00729 e. The van der Waals surface area contributed by atoms with Crippen molar-refractivity contribution in [2.45, 2.75) is 58.4 Å². The lowest BCUT2D eigenvalue weighted by Crippen LogP contribution is -2.29. The first-order valence-corrected chi connectivity index (χ1v) is 6.55. The average molecular weight is 214 g/mol. The summed E-state index contributed by atoms with van der Waals surface area (Å²) < 4.78 is 0. The molecule has 0 heterocycles. The molecule has 0 aromatic carbocycles. The second kappa shape index (κ2) is 10.4. The third-order valence-electron chi connectivity index (χ3n) is 3.08. The SMILES string of the molecule is CCCCCCCNCCC(C)N(C)C. The largest absolute Gasteiger partial charge is 0.317 e. The number of unbranched alkanes of at least 4 members (excludes halogenated alkanes) is 4. The van der Waals surface area contributed by atoms with E-state index >= 15 is 0 Å². The highest BCUT2D eigenvalue weighted by Crippen LogP contribution is 2.01. The summed E-state index contributed by atoms with van der Waals surface area (Å²) in [5.74, 6) is 0. The molecule has 0 radical (unpaired) electrons. The van der Waals surface area contributed by atoms with Crippen LogP contribution in [0.1, 0.15) is 52.4 Å². The van der Waals surface area contributed by atoms with Crippen LogP contribution in [0.25, 0.3) is 0 Å². The van der Waals surface area contributed by atoms with E-state index in [-0.39, 0.29) is 0 Å². The number of nitrogens with one attached hydrogen (secondary N) is 1. The first-order valence-electron chi connectivity index (χ1n) is 6.55. The zero-order valence-corrected chi connectivity index (χ0v) is 11.2. The fourth-order valence-electron chi connectivity index (χ4n) is 1.55. The van der Waals surface area contributed by atoms with Crippen molar-refractivity contribution in [3.05, 3.63) is 0 Å². The molecule has 0 aliphatic rings. The van der Waals surface area contributed by atoms with Crippen molar-refractivity contribution in [1.82, 2.24) is 10.2 Å². The highest BCUT2D eigenvalue weighted by molar-refractivity contribution is 4.61. The molecule has 15 heavy (non-hydrogen) atoms. The molecule has 0 aromatic rings. The monoisotopic (exact) mass is 214 g/mol. The van der Waals surface area contributed by atoms with Gasteiger partial charge in [-0.1, -0.05) is 32.6 Å². The van der Waals surface area contributed by atoms with E-state index in [1.165, 1.54) is 45.1 Å². The minimum absolute atomic E-state index is 0.692. The number of rotatable bonds is 10. The predicted octanol–water partition coefficient (Wildman–Crippen LogP) is 2.89. The first-order chi connectivity index (χ1) is 7.18. The molecule has 1 unspecified atom stereocenters. The topological polar surface area (TPSA) is 15.3 Å². The Balaban J connectivity index is 3.05. The van der Waals surface area contributed by atoms with Crippen molar-refractivity contribution < 1.29 is 0 Å². The smallest absolute Gasteiger partial charge is 0.00729 e. The molecule has 0 amide bonds. The van der Waals surface area contributed by atoms with Gasteiger partial charge in [0.05, 0.1) is 0 Å². The van der Waals surface area contributed by atoms with E-state index in [1.54, 1.807) is 0 Å². The Hall–Kier alpha value is -0.0800. The van der Waals surface area contributed by atoms with Crippen LogP contribution >= 0.6 is 0 Å². The maximum absolute atomic E-state index is 3.52. The summed E-state index contributed by atoms with van der Waals surface area (Å²) in [4.78, 5) is 2.28. The fourth-order valence-corrected chi connectivity index (χ4v) is 1.55. The van der Waals surface area contributed by atoms with Crippen LogP contribution in [0.3, 0.4) is 0 Å². The van der Waals surface area contributed by atoms with Crippen LogP contribution in [0, 0.1) is 0 Å². The van der Waals surface area contributed by atoms with Gasteiger partial charge >= 0.3 is 0 Å². The van der Waals surface area contributed by atoms with E-state index in [0.29, 0.717) is 6.04 Å². The van der Waals surface area contributed by atoms with Crippen LogP contribution in [0.2, 0.25) is 0 Å². The van der Waals surface area contributed by atoms with Gasteiger partial charge in [0.15, 0.2) is 0 Å². The molecule has 1 N–H and O–H groups in total. The Kier molecular flexibility index (Phi) is 10.4. The van der Waals surface area contributed by atoms with Gasteiger partial charge in [-0.3, -0.25) is 0 Å². The normalized spacial score (nSPS) is 13.4. The van der Waals surface area contributed by atoms with Crippen molar-refractivity contribution in [1.29, 1.82) is 0 Å². The minimum atomic E-state index is 0.692. The molecule has 0 fully saturated rings. The molecular weight excluding hydrogens is 184 g/mol. The van der Waals surface area contributed by atoms with Gasteiger partial charge in [0.1, 0.15) is 0 Å². The summed E-state index contributed by atoms with van der Waals surface area (Å²) in [6, 6.07) is 0.692. The van der Waals surface area contributed by atoms with Gasteiger partial charge in [-0.15, -0.1) is 0 Å². The molecule has 0 bridgehead atoms. The van der Waals surface area contributed by atoms with Crippen molar-refractivity contribution in [2.75, 3.05) is 27.2 Å². The van der Waals surface area contributed by atoms with E-state index in [9.17, 15) is 0 Å². The Morgan fingerprint density at radius 1 is 1.00 bits per heavy atom. The summed E-state index contributed by atoms with van der Waals surface area (Å²) >= 11 is 0. The molecule has 0 aliphatic carbocycles. The lowest BCUT2D eigenvalue weighted by Gasteiger charge is -2.19. The standard InChI is InChI=1S/C13H30N2/c1-5-6-7-8-9-11-14-12-10-13(2)15(3)4/h13-14H,5-12H2,1-4H3. The van der Waals surface area contributed by atoms with Crippen LogP contribution < -0.4 is 5.32 Å². The van der Waals surface area contributed by atoms with Crippen molar-refractivity contribution in [3.63, 3.8) is 0 Å². The van der Waals surface area contributed by atoms with E-state index in [0.717, 1.165) is 6.54 Å². The second-order valence-electron chi connectivity index (χ2n) is 4.77. The quantitative estimate of drug-likeness (QED) is 0.563. The van der Waals surface area contributed by atoms with Gasteiger partial charge in [-0.25, -0.2) is 0 Å². The maximum atomic E-state index is 3.52. The number of nitrogens with zero attached hydrogens (tertiary/aromatic N) is 1. The van der Waals surface area contributed by atoms with Crippen molar-refractivity contribution in [2.24, 2.45) is 0 Å². The second-order valence-corrected chi connectivity index (χ2v) is 4.77. The van der Waals surface area contributed by atoms with Crippen LogP contribution in [0.5, 0.6) is 0 Å². The van der Waals surface area contributed by atoms with Gasteiger partial charge < -0.3 is 10.2 Å². The summed E-state index contributed by atoms with van der Waals surface area (Å²) in [5, 5.41) is 3.52. The van der Waals surface area contributed by atoms with Gasteiger partial charge in [0.25, 0.3) is 0 Å². The van der Waals surface area contributed by atoms with Crippen LogP contribution in [0.15, 0.2) is 0 Å². The van der Waals surface area contributed by atoms with Crippen LogP contribution in [0.4, 0.5) is 0 Å². The molecule has 1 atom stereocenters. The lowest BCUT2D eigenvalue weighted by atomic mass is 10.1. The highest BCUT2D eigenvalue weighted by Gasteiger charge is 2.02. The van der Waals surface area contributed by atoms with E-state index in [2.05, 4.69) is 38.2 Å². The molecule has 2 nitrogen and oxygen atoms in total. The van der Waals surface area contributed by atoms with E-state index < -0.39 is 0 Å². The average Bonchev–Trinajstić information content (AvgIpc) is 2.21. The van der Waals surface area contributed by atoms with E-state index in [1.807, 2.05) is 0 Å². The Morgan fingerprint density at radius 2 is 1.67 bits per heavy atom. The van der Waals surface area contributed by atoms with Gasteiger partial charge in [0, 0.05) is 6.04 Å². The van der Waals surface area contributed by atoms with Crippen LogP contribution in [-0.4, -0.2) is 38.1 Å². The van der Waals surface area contributed by atoms with Crippen molar-refractivity contribution in [3.8, 4) is 0 Å². The molecule has 0 saturated heterocycles. The number of hydrogen-bond acceptors (Lipinski definition) is 2. The van der Waals surface area contributed by atoms with Crippen LogP contribution in [-0.2, 0) is 0 Å². The molecule has 92 valence electrons. The zero-order valence-electron chi connectivity index (χ0n) is 11.2. The minimum Gasteiger partial charge on any atom is -0.317 e. The van der Waals surface area contributed by atoms with Gasteiger partial charge in [-0.05, 0) is 47.0 Å². The summed E-state index contributed by atoms with van der Waals surface area (Å²) in [6.07, 6.45) is 8.14. The Bertz CT molecular complexity index is 124. The number of hydrogen-bond donors (Lipinski definition) is 1. The molecular formula is C13H30N2. The van der Waals surface area contributed by atoms with Gasteiger partial charge in [0.2, 0.25) is 0 Å². The summed E-state index contributed by atoms with van der Waals surface area (Å²) in [5.41, 5.74) is 0. The fraction of sp³-hybridized carbons (Fsp3) is 1.00. The molecule has 0 aliphatic heterocycles. The Morgan fingerprint density at radius 3 is 2.27 bits per heavy atom. The summed E-state index contributed by atoms with van der Waals surface area (Å²) in [6.45, 7) is 6.90. The molecule has 0 aromatic heterocycles. The third-order valence-corrected chi connectivity index (χ3v) is 3.08. The zero-order chi connectivity index (χ0) is 11.5. The molecule has 2 heteroatoms. The molecule has 0 saturated carbocycles. The molecule has 0 spiro atoms. The lowest BCUT2D eigenvalue weighted by molar-refractivity contribution is 0.295. The van der Waals surface area contributed by atoms with Crippen molar-refractivity contribution >= 4 is 0 Å². The summed E-state index contributed by atoms with van der Waals surface area (Å²) in [7, 11) is 4.30. The Labute approximate surface area is 96.4 Å². The third kappa shape index (κ3) is 10.2. The predicted molar refractivity (Wildman–Crippen MR) is 69.4 cm³/mol.